The number of benzene rings is 1. The lowest BCUT2D eigenvalue weighted by Gasteiger charge is -2.36. The zero-order valence-electron chi connectivity index (χ0n) is 18.5. The Morgan fingerprint density at radius 3 is 2.67 bits per heavy atom. The summed E-state index contributed by atoms with van der Waals surface area (Å²) < 4.78 is 29.8. The molecule has 1 aliphatic heterocycles. The number of anilines is 5. The van der Waals surface area contributed by atoms with Gasteiger partial charge in [0.2, 0.25) is 21.9 Å². The van der Waals surface area contributed by atoms with Crippen molar-refractivity contribution in [2.75, 3.05) is 39.6 Å². The maximum atomic E-state index is 12.3. The third-order valence-electron chi connectivity index (χ3n) is 4.85. The van der Waals surface area contributed by atoms with Crippen LogP contribution in [0.2, 0.25) is 0 Å². The summed E-state index contributed by atoms with van der Waals surface area (Å²) in [5.74, 6) is 0.620. The standard InChI is InChI=1S/C19H25N7O5S2/c1-5-31-19(28)26(32)13-6-12(7-14(8-13)33(20,29)30)22-18-21-9-15-17(23-18)25(11(2)3)10-16(27)24(15)4/h6-9,11,32H,5,10H2,1-4H3,(H2,20,29,30)(H,21,22,23). The molecule has 14 heteroatoms. The molecule has 0 radical (unpaired) electrons. The highest BCUT2D eigenvalue weighted by Crippen LogP contribution is 2.33. The lowest BCUT2D eigenvalue weighted by molar-refractivity contribution is -0.117. The molecule has 0 fully saturated rings. The van der Waals surface area contributed by atoms with E-state index in [1.54, 1.807) is 14.0 Å². The number of nitrogens with zero attached hydrogens (tertiary/aromatic N) is 5. The third kappa shape index (κ3) is 5.29. The first-order valence-electron chi connectivity index (χ1n) is 9.93. The predicted octanol–water partition coefficient (Wildman–Crippen LogP) is 1.87. The molecule has 1 aromatic carbocycles. The first kappa shape index (κ1) is 24.5. The van der Waals surface area contributed by atoms with Gasteiger partial charge in [-0.25, -0.2) is 27.6 Å². The predicted molar refractivity (Wildman–Crippen MR) is 128 cm³/mol. The molecule has 178 valence electrons. The van der Waals surface area contributed by atoms with E-state index < -0.39 is 16.1 Å². The molecule has 0 atom stereocenters. The van der Waals surface area contributed by atoms with Crippen molar-refractivity contribution in [3.05, 3.63) is 24.4 Å². The van der Waals surface area contributed by atoms with Crippen molar-refractivity contribution in [3.8, 4) is 0 Å². The van der Waals surface area contributed by atoms with Crippen molar-refractivity contribution < 1.29 is 22.7 Å². The number of hydrogen-bond acceptors (Lipinski definition) is 10. The van der Waals surface area contributed by atoms with E-state index in [-0.39, 0.29) is 47.3 Å². The monoisotopic (exact) mass is 495 g/mol. The minimum absolute atomic E-state index is 0.00350. The normalized spacial score (nSPS) is 13.7. The zero-order chi connectivity index (χ0) is 24.5. The number of nitrogens with one attached hydrogen (secondary N) is 1. The zero-order valence-corrected chi connectivity index (χ0v) is 20.2. The first-order valence-corrected chi connectivity index (χ1v) is 11.9. The molecule has 1 aliphatic rings. The van der Waals surface area contributed by atoms with Gasteiger partial charge in [-0.05, 0) is 39.0 Å². The summed E-state index contributed by atoms with van der Waals surface area (Å²) in [6.45, 7) is 5.79. The van der Waals surface area contributed by atoms with Gasteiger partial charge in [-0.2, -0.15) is 4.98 Å². The number of likely N-dealkylation sites (N-methyl/N-ethyl adjacent to an activating group) is 1. The smallest absolute Gasteiger partial charge is 0.424 e. The van der Waals surface area contributed by atoms with Crippen molar-refractivity contribution in [1.82, 2.24) is 9.97 Å². The average molecular weight is 496 g/mol. The molecular weight excluding hydrogens is 470 g/mol. The van der Waals surface area contributed by atoms with Crippen LogP contribution >= 0.6 is 12.8 Å². The molecule has 1 aromatic heterocycles. The summed E-state index contributed by atoms with van der Waals surface area (Å²) in [4.78, 5) is 36.2. The summed E-state index contributed by atoms with van der Waals surface area (Å²) >= 11 is 4.10. The van der Waals surface area contributed by atoms with E-state index in [0.29, 0.717) is 11.5 Å². The number of carbonyl (C=O) groups excluding carboxylic acids is 2. The number of primary sulfonamides is 1. The average Bonchev–Trinajstić information content (AvgIpc) is 2.74. The number of nitrogens with two attached hydrogens (primary N) is 1. The Labute approximate surface area is 197 Å². The Morgan fingerprint density at radius 1 is 1.36 bits per heavy atom. The molecule has 3 N–H and O–H groups in total. The molecule has 0 saturated heterocycles. The maximum Gasteiger partial charge on any atom is 0.424 e. The van der Waals surface area contributed by atoms with Crippen LogP contribution in [0, 0.1) is 0 Å². The van der Waals surface area contributed by atoms with Gasteiger partial charge in [0.1, 0.15) is 5.69 Å². The van der Waals surface area contributed by atoms with E-state index in [1.165, 1.54) is 29.3 Å². The van der Waals surface area contributed by atoms with E-state index in [0.717, 1.165) is 4.31 Å². The van der Waals surface area contributed by atoms with E-state index in [9.17, 15) is 18.0 Å². The number of amides is 2. The molecule has 0 aliphatic carbocycles. The molecule has 0 saturated carbocycles. The number of thiol groups is 1. The van der Waals surface area contributed by atoms with Crippen LogP contribution in [0.3, 0.4) is 0 Å². The van der Waals surface area contributed by atoms with Gasteiger partial charge in [0.25, 0.3) is 0 Å². The molecule has 3 rings (SSSR count). The van der Waals surface area contributed by atoms with Crippen molar-refractivity contribution in [2.45, 2.75) is 31.7 Å². The third-order valence-corrected chi connectivity index (χ3v) is 6.13. The molecular formula is C19H25N7O5S2. The van der Waals surface area contributed by atoms with E-state index >= 15 is 0 Å². The van der Waals surface area contributed by atoms with Crippen LogP contribution in [-0.2, 0) is 19.6 Å². The number of fused-ring (bicyclic) bond motifs is 1. The second kappa shape index (κ2) is 9.41. The van der Waals surface area contributed by atoms with Gasteiger partial charge in [-0.3, -0.25) is 4.79 Å². The Bertz CT molecular complexity index is 1190. The molecule has 2 aromatic rings. The van der Waals surface area contributed by atoms with Crippen LogP contribution < -0.4 is 24.6 Å². The quantitative estimate of drug-likeness (QED) is 0.510. The van der Waals surface area contributed by atoms with Crippen LogP contribution in [0.5, 0.6) is 0 Å². The number of hydrogen-bond donors (Lipinski definition) is 3. The molecule has 0 unspecified atom stereocenters. The van der Waals surface area contributed by atoms with Crippen LogP contribution in [0.25, 0.3) is 0 Å². The topological polar surface area (TPSA) is 151 Å². The van der Waals surface area contributed by atoms with Crippen LogP contribution in [0.4, 0.5) is 33.6 Å². The van der Waals surface area contributed by atoms with Crippen molar-refractivity contribution in [3.63, 3.8) is 0 Å². The Kier molecular flexibility index (Phi) is 7.00. The molecule has 0 spiro atoms. The number of sulfonamides is 1. The van der Waals surface area contributed by atoms with Crippen molar-refractivity contribution >= 4 is 63.7 Å². The number of rotatable bonds is 6. The number of aromatic nitrogens is 2. The highest BCUT2D eigenvalue weighted by molar-refractivity contribution is 7.89. The van der Waals surface area contributed by atoms with Gasteiger partial charge in [0, 0.05) is 18.8 Å². The Balaban J connectivity index is 2.02. The fourth-order valence-electron chi connectivity index (χ4n) is 3.12. The van der Waals surface area contributed by atoms with Crippen molar-refractivity contribution in [2.24, 2.45) is 5.14 Å². The van der Waals surface area contributed by atoms with Gasteiger partial charge in [0.15, 0.2) is 5.82 Å². The van der Waals surface area contributed by atoms with Gasteiger partial charge in [0.05, 0.1) is 29.9 Å². The van der Waals surface area contributed by atoms with Gasteiger partial charge < -0.3 is 19.9 Å². The molecule has 2 heterocycles. The number of ether oxygens (including phenoxy) is 1. The highest BCUT2D eigenvalue weighted by Gasteiger charge is 2.30. The largest absolute Gasteiger partial charge is 0.449 e. The lowest BCUT2D eigenvalue weighted by Crippen LogP contribution is -2.47. The summed E-state index contributed by atoms with van der Waals surface area (Å²) in [6.07, 6.45) is 0.717. The van der Waals surface area contributed by atoms with E-state index in [2.05, 4.69) is 28.1 Å². The lowest BCUT2D eigenvalue weighted by atomic mass is 10.2. The molecule has 2 amide bonds. The SMILES string of the molecule is CCOC(=O)N(S)c1cc(Nc2ncc3c(n2)N(C(C)C)CC(=O)N3C)cc(S(N)(=O)=O)c1. The first-order chi connectivity index (χ1) is 15.4. The molecule has 0 bridgehead atoms. The summed E-state index contributed by atoms with van der Waals surface area (Å²) in [7, 11) is -2.46. The maximum absolute atomic E-state index is 12.3. The highest BCUT2D eigenvalue weighted by atomic mass is 32.2. The van der Waals surface area contributed by atoms with Gasteiger partial charge >= 0.3 is 6.09 Å². The second-order valence-electron chi connectivity index (χ2n) is 7.47. The fourth-order valence-corrected chi connectivity index (χ4v) is 3.87. The van der Waals surface area contributed by atoms with Crippen molar-refractivity contribution in [1.29, 1.82) is 0 Å². The van der Waals surface area contributed by atoms with Gasteiger partial charge in [-0.15, -0.1) is 0 Å². The van der Waals surface area contributed by atoms with E-state index in [4.69, 9.17) is 9.88 Å². The van der Waals surface area contributed by atoms with Crippen LogP contribution in [-0.4, -0.2) is 56.6 Å². The second-order valence-corrected chi connectivity index (χ2v) is 9.43. The fraction of sp³-hybridized carbons (Fsp3) is 0.368. The number of carbonyl (C=O) groups is 2. The van der Waals surface area contributed by atoms with Crippen LogP contribution in [0.1, 0.15) is 20.8 Å². The van der Waals surface area contributed by atoms with E-state index in [1.807, 2.05) is 18.7 Å². The summed E-state index contributed by atoms with van der Waals surface area (Å²) in [6, 6.07) is 3.95. The Morgan fingerprint density at radius 2 is 2.06 bits per heavy atom. The minimum Gasteiger partial charge on any atom is -0.449 e. The minimum atomic E-state index is -4.11. The Hall–Kier alpha value is -3.10. The summed E-state index contributed by atoms with van der Waals surface area (Å²) in [5.41, 5.74) is 0.905. The van der Waals surface area contributed by atoms with Crippen LogP contribution in [0.15, 0.2) is 29.3 Å². The summed E-state index contributed by atoms with van der Waals surface area (Å²) in [5, 5.41) is 8.24. The molecule has 12 nitrogen and oxygen atoms in total. The van der Waals surface area contributed by atoms with Gasteiger partial charge in [-0.1, -0.05) is 12.8 Å². The molecule has 33 heavy (non-hydrogen) atoms.